The van der Waals surface area contributed by atoms with Crippen molar-refractivity contribution in [3.8, 4) is 0 Å². The Bertz CT molecular complexity index is 406. The van der Waals surface area contributed by atoms with Gasteiger partial charge in [0.15, 0.2) is 0 Å². The molecule has 1 atom stereocenters. The first-order valence-corrected chi connectivity index (χ1v) is 6.84. The molecule has 106 valence electrons. The molecule has 1 aliphatic carbocycles. The average molecular weight is 272 g/mol. The zero-order valence-corrected chi connectivity index (χ0v) is 10.8. The molecule has 1 saturated carbocycles. The number of halogens is 3. The van der Waals surface area contributed by atoms with E-state index in [9.17, 15) is 18.3 Å². The van der Waals surface area contributed by atoms with Gasteiger partial charge in [0.1, 0.15) is 0 Å². The molecule has 1 nitrogen and oxygen atoms in total. The summed E-state index contributed by atoms with van der Waals surface area (Å²) in [4.78, 5) is 0. The number of benzene rings is 1. The van der Waals surface area contributed by atoms with Gasteiger partial charge >= 0.3 is 6.18 Å². The molecule has 0 spiro atoms. The van der Waals surface area contributed by atoms with Gasteiger partial charge in [0, 0.05) is 0 Å². The van der Waals surface area contributed by atoms with Crippen LogP contribution in [0.3, 0.4) is 0 Å². The van der Waals surface area contributed by atoms with E-state index < -0.39 is 17.8 Å². The highest BCUT2D eigenvalue weighted by molar-refractivity contribution is 5.31. The van der Waals surface area contributed by atoms with Crippen LogP contribution in [0.4, 0.5) is 13.2 Å². The van der Waals surface area contributed by atoms with E-state index in [4.69, 9.17) is 0 Å². The Hall–Kier alpha value is -1.03. The van der Waals surface area contributed by atoms with Crippen LogP contribution in [-0.4, -0.2) is 5.11 Å². The molecule has 19 heavy (non-hydrogen) atoms. The smallest absolute Gasteiger partial charge is 0.388 e. The summed E-state index contributed by atoms with van der Waals surface area (Å²) in [5, 5.41) is 10.3. The fourth-order valence-corrected chi connectivity index (χ4v) is 2.89. The number of aliphatic hydroxyl groups is 1. The van der Waals surface area contributed by atoms with Gasteiger partial charge in [0.25, 0.3) is 0 Å². The molecule has 0 aromatic heterocycles. The van der Waals surface area contributed by atoms with Crippen molar-refractivity contribution in [1.82, 2.24) is 0 Å². The molecule has 4 heteroatoms. The number of rotatable bonds is 2. The van der Waals surface area contributed by atoms with E-state index >= 15 is 0 Å². The van der Waals surface area contributed by atoms with Crippen LogP contribution in [0, 0.1) is 5.92 Å². The summed E-state index contributed by atoms with van der Waals surface area (Å²) in [5.74, 6) is -0.0500. The van der Waals surface area contributed by atoms with Crippen molar-refractivity contribution in [2.24, 2.45) is 5.92 Å². The quantitative estimate of drug-likeness (QED) is 0.773. The molecular formula is C15H19F3O. The molecule has 0 heterocycles. The van der Waals surface area contributed by atoms with Crippen molar-refractivity contribution in [3.05, 3.63) is 35.4 Å². The van der Waals surface area contributed by atoms with Gasteiger partial charge in [-0.15, -0.1) is 0 Å². The van der Waals surface area contributed by atoms with E-state index in [-0.39, 0.29) is 11.5 Å². The summed E-state index contributed by atoms with van der Waals surface area (Å²) >= 11 is 0. The first-order chi connectivity index (χ1) is 9.00. The molecule has 1 unspecified atom stereocenters. The summed E-state index contributed by atoms with van der Waals surface area (Å²) in [6.45, 7) is 0. The summed E-state index contributed by atoms with van der Waals surface area (Å²) in [6.07, 6.45) is 0.444. The van der Waals surface area contributed by atoms with E-state index in [1.807, 2.05) is 0 Å². The Kier molecular flexibility index (Phi) is 4.50. The predicted octanol–water partition coefficient (Wildman–Crippen LogP) is 4.71. The molecule has 1 aromatic rings. The van der Waals surface area contributed by atoms with Crippen molar-refractivity contribution in [1.29, 1.82) is 0 Å². The van der Waals surface area contributed by atoms with E-state index in [1.54, 1.807) is 6.07 Å². The minimum atomic E-state index is -4.40. The summed E-state index contributed by atoms with van der Waals surface area (Å²) < 4.78 is 38.8. The summed E-state index contributed by atoms with van der Waals surface area (Å²) in [7, 11) is 0. The zero-order valence-electron chi connectivity index (χ0n) is 10.8. The Morgan fingerprint density at radius 2 is 1.58 bits per heavy atom. The minimum Gasteiger partial charge on any atom is -0.388 e. The van der Waals surface area contributed by atoms with Gasteiger partial charge in [-0.2, -0.15) is 13.2 Å². The fourth-order valence-electron chi connectivity index (χ4n) is 2.89. The molecule has 0 aliphatic heterocycles. The maximum atomic E-state index is 12.9. The second-order valence-corrected chi connectivity index (χ2v) is 5.28. The van der Waals surface area contributed by atoms with Gasteiger partial charge in [-0.05, 0) is 30.4 Å². The predicted molar refractivity (Wildman–Crippen MR) is 67.6 cm³/mol. The standard InChI is InChI=1S/C15H19F3O/c16-15(17,18)13-10-6-5-9-12(13)14(19)11-7-3-1-2-4-8-11/h5-6,9-11,14,19H,1-4,7-8H2. The fraction of sp³-hybridized carbons (Fsp3) is 0.600. The third kappa shape index (κ3) is 3.50. The highest BCUT2D eigenvalue weighted by Gasteiger charge is 2.36. The highest BCUT2D eigenvalue weighted by atomic mass is 19.4. The van der Waals surface area contributed by atoms with Gasteiger partial charge in [-0.3, -0.25) is 0 Å². The van der Waals surface area contributed by atoms with Gasteiger partial charge in [0.2, 0.25) is 0 Å². The average Bonchev–Trinajstić information content (AvgIpc) is 2.66. The number of alkyl halides is 3. The van der Waals surface area contributed by atoms with Gasteiger partial charge in [-0.1, -0.05) is 43.9 Å². The van der Waals surface area contributed by atoms with Crippen molar-refractivity contribution >= 4 is 0 Å². The van der Waals surface area contributed by atoms with Crippen LogP contribution in [0.15, 0.2) is 24.3 Å². The van der Waals surface area contributed by atoms with Crippen LogP contribution >= 0.6 is 0 Å². The molecule has 0 amide bonds. The summed E-state index contributed by atoms with van der Waals surface area (Å²) in [6, 6.07) is 5.38. The molecule has 0 radical (unpaired) electrons. The van der Waals surface area contributed by atoms with Gasteiger partial charge in [0.05, 0.1) is 11.7 Å². The Morgan fingerprint density at radius 1 is 1.00 bits per heavy atom. The Morgan fingerprint density at radius 3 is 2.16 bits per heavy atom. The lowest BCUT2D eigenvalue weighted by Gasteiger charge is -2.24. The van der Waals surface area contributed by atoms with Crippen LogP contribution in [0.5, 0.6) is 0 Å². The van der Waals surface area contributed by atoms with Crippen LogP contribution in [0.2, 0.25) is 0 Å². The second kappa shape index (κ2) is 5.95. The number of hydrogen-bond donors (Lipinski definition) is 1. The van der Waals surface area contributed by atoms with Crippen LogP contribution in [0.25, 0.3) is 0 Å². The monoisotopic (exact) mass is 272 g/mol. The molecular weight excluding hydrogens is 253 g/mol. The Labute approximate surface area is 111 Å². The third-order valence-corrected chi connectivity index (χ3v) is 3.93. The highest BCUT2D eigenvalue weighted by Crippen LogP contribution is 2.39. The van der Waals surface area contributed by atoms with E-state index in [2.05, 4.69) is 0 Å². The van der Waals surface area contributed by atoms with Crippen molar-refractivity contribution in [2.45, 2.75) is 50.8 Å². The van der Waals surface area contributed by atoms with E-state index in [0.717, 1.165) is 44.6 Å². The molecule has 2 rings (SSSR count). The van der Waals surface area contributed by atoms with Crippen LogP contribution in [-0.2, 0) is 6.18 Å². The lowest BCUT2D eigenvalue weighted by molar-refractivity contribution is -0.139. The summed E-state index contributed by atoms with van der Waals surface area (Å²) in [5.41, 5.74) is -0.673. The number of aliphatic hydroxyl groups excluding tert-OH is 1. The van der Waals surface area contributed by atoms with Crippen molar-refractivity contribution in [3.63, 3.8) is 0 Å². The third-order valence-electron chi connectivity index (χ3n) is 3.93. The maximum absolute atomic E-state index is 12.9. The normalized spacial score (nSPS) is 20.0. The van der Waals surface area contributed by atoms with Crippen LogP contribution in [0.1, 0.15) is 55.8 Å². The van der Waals surface area contributed by atoms with E-state index in [0.29, 0.717) is 0 Å². The zero-order chi connectivity index (χ0) is 13.9. The topological polar surface area (TPSA) is 20.2 Å². The molecule has 0 saturated heterocycles. The number of hydrogen-bond acceptors (Lipinski definition) is 1. The lowest BCUT2D eigenvalue weighted by Crippen LogP contribution is -2.17. The van der Waals surface area contributed by atoms with Gasteiger partial charge in [-0.25, -0.2) is 0 Å². The second-order valence-electron chi connectivity index (χ2n) is 5.28. The largest absolute Gasteiger partial charge is 0.416 e. The van der Waals surface area contributed by atoms with Crippen LogP contribution < -0.4 is 0 Å². The van der Waals surface area contributed by atoms with Crippen molar-refractivity contribution in [2.75, 3.05) is 0 Å². The molecule has 0 bridgehead atoms. The minimum absolute atomic E-state index is 0.0295. The molecule has 1 aromatic carbocycles. The first kappa shape index (κ1) is 14.4. The lowest BCUT2D eigenvalue weighted by atomic mass is 9.87. The molecule has 1 aliphatic rings. The first-order valence-electron chi connectivity index (χ1n) is 6.84. The maximum Gasteiger partial charge on any atom is 0.416 e. The Balaban J connectivity index is 2.25. The van der Waals surface area contributed by atoms with E-state index in [1.165, 1.54) is 12.1 Å². The molecule has 1 N–H and O–H groups in total. The molecule has 1 fully saturated rings. The van der Waals surface area contributed by atoms with Crippen molar-refractivity contribution < 1.29 is 18.3 Å². The SMILES string of the molecule is OC(c1ccccc1C(F)(F)F)C1CCCCCC1. The van der Waals surface area contributed by atoms with Gasteiger partial charge < -0.3 is 5.11 Å².